The molecule has 1 aliphatic carbocycles. The first kappa shape index (κ1) is 15.0. The molecule has 0 aromatic carbocycles. The van der Waals surface area contributed by atoms with Crippen LogP contribution in [0.15, 0.2) is 6.20 Å². The summed E-state index contributed by atoms with van der Waals surface area (Å²) >= 11 is 0. The maximum absolute atomic E-state index is 11.8. The van der Waals surface area contributed by atoms with Crippen LogP contribution in [0.5, 0.6) is 0 Å². The quantitative estimate of drug-likeness (QED) is 0.756. The molecule has 0 amide bonds. The SMILES string of the molecule is CCOC(=O)c1cnn(C)c1CNCC1CCC(O)C1. The van der Waals surface area contributed by atoms with Crippen LogP contribution < -0.4 is 5.32 Å². The first-order valence-electron chi connectivity index (χ1n) is 7.18. The van der Waals surface area contributed by atoms with Gasteiger partial charge in [0.1, 0.15) is 5.56 Å². The van der Waals surface area contributed by atoms with Gasteiger partial charge in [-0.3, -0.25) is 4.68 Å². The Morgan fingerprint density at radius 1 is 1.60 bits per heavy atom. The minimum absolute atomic E-state index is 0.145. The Hall–Kier alpha value is -1.40. The standard InChI is InChI=1S/C14H23N3O3/c1-3-20-14(19)12-8-16-17(2)13(12)9-15-7-10-4-5-11(18)6-10/h8,10-11,15,18H,3-7,9H2,1-2H3. The normalized spacial score (nSPS) is 22.1. The van der Waals surface area contributed by atoms with E-state index in [0.29, 0.717) is 24.6 Å². The first-order valence-corrected chi connectivity index (χ1v) is 7.18. The summed E-state index contributed by atoms with van der Waals surface area (Å²) in [5, 5.41) is 17.0. The van der Waals surface area contributed by atoms with Gasteiger partial charge < -0.3 is 15.2 Å². The summed E-state index contributed by atoms with van der Waals surface area (Å²) in [7, 11) is 1.82. The molecule has 1 heterocycles. The second-order valence-corrected chi connectivity index (χ2v) is 5.31. The van der Waals surface area contributed by atoms with E-state index in [4.69, 9.17) is 4.74 Å². The van der Waals surface area contributed by atoms with Crippen LogP contribution in [0.4, 0.5) is 0 Å². The van der Waals surface area contributed by atoms with Crippen LogP contribution in [0, 0.1) is 5.92 Å². The predicted octanol–water partition coefficient (Wildman–Crippen LogP) is 0.847. The predicted molar refractivity (Wildman–Crippen MR) is 74.2 cm³/mol. The topological polar surface area (TPSA) is 76.4 Å². The summed E-state index contributed by atoms with van der Waals surface area (Å²) in [6, 6.07) is 0. The number of nitrogens with one attached hydrogen (secondary N) is 1. The maximum atomic E-state index is 11.8. The van der Waals surface area contributed by atoms with E-state index >= 15 is 0 Å². The number of ether oxygens (including phenoxy) is 1. The molecule has 0 bridgehead atoms. The van der Waals surface area contributed by atoms with Crippen molar-refractivity contribution in [3.63, 3.8) is 0 Å². The monoisotopic (exact) mass is 281 g/mol. The van der Waals surface area contributed by atoms with Gasteiger partial charge >= 0.3 is 5.97 Å². The second kappa shape index (κ2) is 6.85. The summed E-state index contributed by atoms with van der Waals surface area (Å²) < 4.78 is 6.72. The van der Waals surface area contributed by atoms with Gasteiger partial charge in [0.05, 0.1) is 24.6 Å². The molecule has 20 heavy (non-hydrogen) atoms. The number of esters is 1. The molecule has 1 aliphatic rings. The number of rotatable bonds is 6. The van der Waals surface area contributed by atoms with E-state index in [1.807, 2.05) is 7.05 Å². The van der Waals surface area contributed by atoms with E-state index in [-0.39, 0.29) is 12.1 Å². The lowest BCUT2D eigenvalue weighted by molar-refractivity contribution is 0.0524. The molecule has 0 spiro atoms. The minimum atomic E-state index is -0.325. The zero-order valence-electron chi connectivity index (χ0n) is 12.1. The molecule has 1 aromatic rings. The van der Waals surface area contributed by atoms with Gasteiger partial charge in [0, 0.05) is 13.6 Å². The molecule has 0 radical (unpaired) electrons. The number of hydrogen-bond acceptors (Lipinski definition) is 5. The molecule has 2 unspecified atom stereocenters. The average Bonchev–Trinajstić information content (AvgIpc) is 2.97. The highest BCUT2D eigenvalue weighted by Gasteiger charge is 2.23. The summed E-state index contributed by atoms with van der Waals surface area (Å²) in [6.45, 7) is 3.58. The van der Waals surface area contributed by atoms with Crippen molar-refractivity contribution < 1.29 is 14.6 Å². The van der Waals surface area contributed by atoms with Crippen LogP contribution >= 0.6 is 0 Å². The number of hydrogen-bond donors (Lipinski definition) is 2. The lowest BCUT2D eigenvalue weighted by atomic mass is 10.1. The van der Waals surface area contributed by atoms with E-state index in [1.165, 1.54) is 0 Å². The summed E-state index contributed by atoms with van der Waals surface area (Å²) in [4.78, 5) is 11.8. The van der Waals surface area contributed by atoms with Gasteiger partial charge in [-0.1, -0.05) is 0 Å². The minimum Gasteiger partial charge on any atom is -0.462 e. The highest BCUT2D eigenvalue weighted by molar-refractivity contribution is 5.90. The molecule has 1 saturated carbocycles. The largest absolute Gasteiger partial charge is 0.462 e. The Bertz CT molecular complexity index is 459. The molecule has 0 aliphatic heterocycles. The number of aliphatic hydroxyl groups is 1. The lowest BCUT2D eigenvalue weighted by Gasteiger charge is -2.12. The van der Waals surface area contributed by atoms with Gasteiger partial charge in [0.2, 0.25) is 0 Å². The van der Waals surface area contributed by atoms with Crippen LogP contribution in [0.2, 0.25) is 0 Å². The average molecular weight is 281 g/mol. The fourth-order valence-electron chi connectivity index (χ4n) is 2.68. The number of aliphatic hydroxyl groups excluding tert-OH is 1. The molecule has 2 atom stereocenters. The van der Waals surface area contributed by atoms with Gasteiger partial charge in [-0.2, -0.15) is 5.10 Å². The smallest absolute Gasteiger partial charge is 0.341 e. The van der Waals surface area contributed by atoms with Crippen LogP contribution in [0.3, 0.4) is 0 Å². The summed E-state index contributed by atoms with van der Waals surface area (Å²) in [5.41, 5.74) is 1.36. The summed E-state index contributed by atoms with van der Waals surface area (Å²) in [6.07, 6.45) is 4.22. The van der Waals surface area contributed by atoms with E-state index in [1.54, 1.807) is 17.8 Å². The Labute approximate surface area is 119 Å². The number of aromatic nitrogens is 2. The van der Waals surface area contributed by atoms with E-state index in [2.05, 4.69) is 10.4 Å². The molecule has 1 aromatic heterocycles. The molecule has 2 N–H and O–H groups in total. The number of nitrogens with zero attached hydrogens (tertiary/aromatic N) is 2. The van der Waals surface area contributed by atoms with Crippen molar-refractivity contribution in [3.05, 3.63) is 17.5 Å². The molecule has 1 fully saturated rings. The lowest BCUT2D eigenvalue weighted by Crippen LogP contribution is -2.24. The van der Waals surface area contributed by atoms with Crippen molar-refractivity contribution >= 4 is 5.97 Å². The number of aryl methyl sites for hydroxylation is 1. The molecule has 0 saturated heterocycles. The third kappa shape index (κ3) is 3.58. The van der Waals surface area contributed by atoms with Crippen LogP contribution in [-0.2, 0) is 18.3 Å². The van der Waals surface area contributed by atoms with Crippen LogP contribution in [0.1, 0.15) is 42.2 Å². The van der Waals surface area contributed by atoms with Crippen molar-refractivity contribution in [2.75, 3.05) is 13.2 Å². The van der Waals surface area contributed by atoms with Crippen molar-refractivity contribution in [3.8, 4) is 0 Å². The maximum Gasteiger partial charge on any atom is 0.341 e. The third-order valence-electron chi connectivity index (χ3n) is 3.80. The van der Waals surface area contributed by atoms with Crippen LogP contribution in [0.25, 0.3) is 0 Å². The van der Waals surface area contributed by atoms with Crippen molar-refractivity contribution in [2.45, 2.75) is 38.8 Å². The Kier molecular flexibility index (Phi) is 5.14. The zero-order valence-corrected chi connectivity index (χ0v) is 12.1. The number of carbonyl (C=O) groups excluding carboxylic acids is 1. The molecular formula is C14H23N3O3. The Morgan fingerprint density at radius 2 is 2.40 bits per heavy atom. The van der Waals surface area contributed by atoms with E-state index < -0.39 is 0 Å². The third-order valence-corrected chi connectivity index (χ3v) is 3.80. The van der Waals surface area contributed by atoms with E-state index in [9.17, 15) is 9.90 Å². The molecule has 6 heteroatoms. The van der Waals surface area contributed by atoms with Gasteiger partial charge in [-0.15, -0.1) is 0 Å². The van der Waals surface area contributed by atoms with Gasteiger partial charge in [0.15, 0.2) is 0 Å². The fourth-order valence-corrected chi connectivity index (χ4v) is 2.68. The Morgan fingerprint density at radius 3 is 3.05 bits per heavy atom. The van der Waals surface area contributed by atoms with Crippen molar-refractivity contribution in [1.29, 1.82) is 0 Å². The van der Waals surface area contributed by atoms with Gasteiger partial charge in [-0.05, 0) is 38.6 Å². The van der Waals surface area contributed by atoms with Crippen molar-refractivity contribution in [2.24, 2.45) is 13.0 Å². The first-order chi connectivity index (χ1) is 9.61. The van der Waals surface area contributed by atoms with Crippen molar-refractivity contribution in [1.82, 2.24) is 15.1 Å². The Balaban J connectivity index is 1.88. The highest BCUT2D eigenvalue weighted by atomic mass is 16.5. The van der Waals surface area contributed by atoms with Crippen LogP contribution in [-0.4, -0.2) is 40.1 Å². The second-order valence-electron chi connectivity index (χ2n) is 5.31. The van der Waals surface area contributed by atoms with Gasteiger partial charge in [0.25, 0.3) is 0 Å². The van der Waals surface area contributed by atoms with E-state index in [0.717, 1.165) is 31.5 Å². The van der Waals surface area contributed by atoms with Gasteiger partial charge in [-0.25, -0.2) is 4.79 Å². The molecule has 112 valence electrons. The molecular weight excluding hydrogens is 258 g/mol. The molecule has 2 rings (SSSR count). The zero-order chi connectivity index (χ0) is 14.5. The number of carbonyl (C=O) groups is 1. The highest BCUT2D eigenvalue weighted by Crippen LogP contribution is 2.24. The molecule has 6 nitrogen and oxygen atoms in total. The summed E-state index contributed by atoms with van der Waals surface area (Å²) in [5.74, 6) is 0.193. The fraction of sp³-hybridized carbons (Fsp3) is 0.714.